The highest BCUT2D eigenvalue weighted by atomic mass is 16.7. The summed E-state index contributed by atoms with van der Waals surface area (Å²) in [6, 6.07) is 0. The van der Waals surface area contributed by atoms with Crippen molar-refractivity contribution in [2.24, 2.45) is 5.41 Å². The van der Waals surface area contributed by atoms with E-state index in [9.17, 15) is 4.79 Å². The Morgan fingerprint density at radius 3 is 2.09 bits per heavy atom. The lowest BCUT2D eigenvalue weighted by atomic mass is 9.68. The second-order valence-electron chi connectivity index (χ2n) is 3.14. The van der Waals surface area contributed by atoms with E-state index < -0.39 is 0 Å². The minimum absolute atomic E-state index is 0.242. The molecule has 0 N–H and O–H groups in total. The molecule has 1 unspecified atom stereocenters. The fraction of sp³-hybridized carbons (Fsp3) is 0.875. The van der Waals surface area contributed by atoms with E-state index in [2.05, 4.69) is 0 Å². The number of carbonyl (C=O) groups is 1. The number of Topliss-reactive ketones (excluding diaryl/α,β-unsaturated/α-hetero) is 1. The smallest absolute Gasteiger partial charge is 0.168 e. The third-order valence-electron chi connectivity index (χ3n) is 2.46. The van der Waals surface area contributed by atoms with Gasteiger partial charge < -0.3 is 9.47 Å². The van der Waals surface area contributed by atoms with E-state index in [1.807, 2.05) is 6.92 Å². The molecule has 3 nitrogen and oxygen atoms in total. The molecule has 64 valence electrons. The third-order valence-corrected chi connectivity index (χ3v) is 2.46. The van der Waals surface area contributed by atoms with Gasteiger partial charge in [0.2, 0.25) is 0 Å². The molecule has 1 fully saturated rings. The molecule has 0 heterocycles. The van der Waals surface area contributed by atoms with Crippen molar-refractivity contribution < 1.29 is 14.3 Å². The minimum Gasteiger partial charge on any atom is -0.355 e. The Balaban J connectivity index is 2.62. The Morgan fingerprint density at radius 1 is 1.45 bits per heavy atom. The largest absolute Gasteiger partial charge is 0.355 e. The van der Waals surface area contributed by atoms with Gasteiger partial charge in [-0.25, -0.2) is 0 Å². The van der Waals surface area contributed by atoms with Crippen LogP contribution in [0.4, 0.5) is 0 Å². The molecule has 0 aliphatic heterocycles. The average Bonchev–Trinajstić information content (AvgIpc) is 2.04. The summed E-state index contributed by atoms with van der Waals surface area (Å²) in [7, 11) is 3.12. The summed E-state index contributed by atoms with van der Waals surface area (Å²) >= 11 is 0. The zero-order chi connectivity index (χ0) is 8.48. The highest BCUT2D eigenvalue weighted by Crippen LogP contribution is 2.41. The van der Waals surface area contributed by atoms with Gasteiger partial charge in [0.15, 0.2) is 6.29 Å². The molecule has 3 heteroatoms. The molecular weight excluding hydrogens is 144 g/mol. The predicted molar refractivity (Wildman–Crippen MR) is 40.2 cm³/mol. The molecule has 1 aliphatic carbocycles. The van der Waals surface area contributed by atoms with E-state index in [4.69, 9.17) is 9.47 Å². The summed E-state index contributed by atoms with van der Waals surface area (Å²) in [6.07, 6.45) is 1.17. The third kappa shape index (κ3) is 1.19. The lowest BCUT2D eigenvalue weighted by Gasteiger charge is -2.40. The second-order valence-corrected chi connectivity index (χ2v) is 3.14. The van der Waals surface area contributed by atoms with Crippen LogP contribution in [0.2, 0.25) is 0 Å². The maximum absolute atomic E-state index is 11.2. The number of hydrogen-bond acceptors (Lipinski definition) is 3. The van der Waals surface area contributed by atoms with Crippen LogP contribution in [0.3, 0.4) is 0 Å². The summed E-state index contributed by atoms with van der Waals surface area (Å²) < 4.78 is 10.1. The van der Waals surface area contributed by atoms with Crippen molar-refractivity contribution in [3.05, 3.63) is 0 Å². The molecule has 1 rings (SSSR count). The summed E-state index contributed by atoms with van der Waals surface area (Å²) in [5.74, 6) is 0.242. The summed E-state index contributed by atoms with van der Waals surface area (Å²) in [5.41, 5.74) is -0.385. The number of carbonyl (C=O) groups excluding carboxylic acids is 1. The van der Waals surface area contributed by atoms with Gasteiger partial charge in [-0.2, -0.15) is 0 Å². The highest BCUT2D eigenvalue weighted by molar-refractivity contribution is 5.90. The Morgan fingerprint density at radius 2 is 2.00 bits per heavy atom. The first kappa shape index (κ1) is 8.68. The number of ether oxygens (including phenoxy) is 2. The molecule has 0 aromatic rings. The van der Waals surface area contributed by atoms with Crippen molar-refractivity contribution in [3.63, 3.8) is 0 Å². The molecule has 0 amide bonds. The van der Waals surface area contributed by atoms with E-state index in [1.165, 1.54) is 0 Å². The van der Waals surface area contributed by atoms with E-state index in [1.54, 1.807) is 14.2 Å². The van der Waals surface area contributed by atoms with Gasteiger partial charge in [-0.1, -0.05) is 0 Å². The van der Waals surface area contributed by atoms with Gasteiger partial charge in [0.1, 0.15) is 5.78 Å². The zero-order valence-electron chi connectivity index (χ0n) is 7.22. The van der Waals surface area contributed by atoms with Crippen LogP contribution in [0.1, 0.15) is 19.8 Å². The molecule has 0 spiro atoms. The minimum atomic E-state index is -0.385. The summed E-state index contributed by atoms with van der Waals surface area (Å²) in [6.45, 7) is 1.89. The van der Waals surface area contributed by atoms with E-state index >= 15 is 0 Å². The molecule has 1 saturated carbocycles. The maximum atomic E-state index is 11.2. The Hall–Kier alpha value is -0.410. The van der Waals surface area contributed by atoms with E-state index in [0.717, 1.165) is 6.42 Å². The van der Waals surface area contributed by atoms with E-state index in [0.29, 0.717) is 6.42 Å². The maximum Gasteiger partial charge on any atom is 0.168 e. The normalized spacial score (nSPS) is 30.7. The standard InChI is InChI=1S/C8H14O3/c1-8(5-4-6(8)9)7(10-2)11-3/h7H,4-5H2,1-3H3. The van der Waals surface area contributed by atoms with Crippen molar-refractivity contribution in [1.29, 1.82) is 0 Å². The molecule has 0 aromatic heterocycles. The quantitative estimate of drug-likeness (QED) is 0.574. The van der Waals surface area contributed by atoms with Crippen LogP contribution in [0.15, 0.2) is 0 Å². The van der Waals surface area contributed by atoms with Crippen molar-refractivity contribution in [1.82, 2.24) is 0 Å². The number of rotatable bonds is 3. The topological polar surface area (TPSA) is 35.5 Å². The number of methoxy groups -OCH3 is 2. The van der Waals surface area contributed by atoms with Crippen LogP contribution >= 0.6 is 0 Å². The fourth-order valence-electron chi connectivity index (χ4n) is 1.49. The van der Waals surface area contributed by atoms with Gasteiger partial charge in [-0.15, -0.1) is 0 Å². The molecule has 11 heavy (non-hydrogen) atoms. The molecular formula is C8H14O3. The van der Waals surface area contributed by atoms with Crippen molar-refractivity contribution in [3.8, 4) is 0 Å². The fourth-order valence-corrected chi connectivity index (χ4v) is 1.49. The van der Waals surface area contributed by atoms with E-state index in [-0.39, 0.29) is 17.5 Å². The van der Waals surface area contributed by atoms with Crippen LogP contribution in [0, 0.1) is 5.41 Å². The summed E-state index contributed by atoms with van der Waals surface area (Å²) in [4.78, 5) is 11.2. The lowest BCUT2D eigenvalue weighted by molar-refractivity contribution is -0.197. The first-order chi connectivity index (χ1) is 5.15. The van der Waals surface area contributed by atoms with Crippen molar-refractivity contribution in [2.45, 2.75) is 26.1 Å². The first-order valence-corrected chi connectivity index (χ1v) is 3.74. The van der Waals surface area contributed by atoms with Crippen LogP contribution in [0.25, 0.3) is 0 Å². The molecule has 0 bridgehead atoms. The average molecular weight is 158 g/mol. The molecule has 0 aromatic carbocycles. The summed E-state index contributed by atoms with van der Waals surface area (Å²) in [5, 5.41) is 0. The van der Waals surface area contributed by atoms with Gasteiger partial charge >= 0.3 is 0 Å². The Bertz CT molecular complexity index is 163. The van der Waals surface area contributed by atoms with Gasteiger partial charge in [0, 0.05) is 20.6 Å². The van der Waals surface area contributed by atoms with Gasteiger partial charge in [0.05, 0.1) is 5.41 Å². The zero-order valence-corrected chi connectivity index (χ0v) is 7.22. The van der Waals surface area contributed by atoms with Gasteiger partial charge in [0.25, 0.3) is 0 Å². The van der Waals surface area contributed by atoms with Crippen LogP contribution in [0.5, 0.6) is 0 Å². The van der Waals surface area contributed by atoms with Crippen LogP contribution in [-0.4, -0.2) is 26.3 Å². The second kappa shape index (κ2) is 2.91. The molecule has 1 atom stereocenters. The van der Waals surface area contributed by atoms with Crippen LogP contribution < -0.4 is 0 Å². The van der Waals surface area contributed by atoms with Crippen molar-refractivity contribution >= 4 is 5.78 Å². The molecule has 0 radical (unpaired) electrons. The van der Waals surface area contributed by atoms with Gasteiger partial charge in [-0.3, -0.25) is 4.79 Å². The number of ketones is 1. The van der Waals surface area contributed by atoms with Crippen molar-refractivity contribution in [2.75, 3.05) is 14.2 Å². The predicted octanol–water partition coefficient (Wildman–Crippen LogP) is 0.974. The SMILES string of the molecule is COC(OC)C1(C)CCC1=O. The molecule has 1 aliphatic rings. The van der Waals surface area contributed by atoms with Gasteiger partial charge in [-0.05, 0) is 13.3 Å². The highest BCUT2D eigenvalue weighted by Gasteiger charge is 2.48. The Kier molecular flexibility index (Phi) is 2.30. The molecule has 0 saturated heterocycles. The number of hydrogen-bond donors (Lipinski definition) is 0. The monoisotopic (exact) mass is 158 g/mol. The Labute approximate surface area is 66.7 Å². The lowest BCUT2D eigenvalue weighted by Crippen LogP contribution is -2.49. The first-order valence-electron chi connectivity index (χ1n) is 3.74. The van der Waals surface area contributed by atoms with Crippen LogP contribution in [-0.2, 0) is 14.3 Å².